The Hall–Kier alpha value is -3.19. The Morgan fingerprint density at radius 2 is 1.90 bits per heavy atom. The number of methoxy groups -OCH3 is 1. The number of carbonyl (C=O) groups excluding carboxylic acids is 2. The summed E-state index contributed by atoms with van der Waals surface area (Å²) in [5, 5.41) is 3.49. The van der Waals surface area contributed by atoms with Crippen LogP contribution in [0.5, 0.6) is 5.75 Å². The van der Waals surface area contributed by atoms with Crippen LogP contribution in [-0.2, 0) is 16.0 Å². The summed E-state index contributed by atoms with van der Waals surface area (Å²) in [6, 6.07) is 14.1. The van der Waals surface area contributed by atoms with E-state index in [4.69, 9.17) is 17.0 Å². The van der Waals surface area contributed by atoms with E-state index in [1.54, 1.807) is 18.1 Å². The Balaban J connectivity index is 1.79. The first-order chi connectivity index (χ1) is 14.5. The molecule has 0 spiro atoms. The zero-order valence-electron chi connectivity index (χ0n) is 17.1. The Morgan fingerprint density at radius 1 is 1.23 bits per heavy atom. The zero-order chi connectivity index (χ0) is 21.7. The number of hydrogen-bond donors (Lipinski definition) is 1. The van der Waals surface area contributed by atoms with E-state index in [1.807, 2.05) is 48.5 Å². The van der Waals surface area contributed by atoms with Gasteiger partial charge in [0.15, 0.2) is 5.11 Å². The first-order valence-electron chi connectivity index (χ1n) is 9.76. The van der Waals surface area contributed by atoms with Crippen molar-refractivity contribution in [3.63, 3.8) is 0 Å². The number of thiocarbonyl (C=S) groups is 1. The molecule has 7 heteroatoms. The van der Waals surface area contributed by atoms with E-state index in [9.17, 15) is 9.59 Å². The van der Waals surface area contributed by atoms with Gasteiger partial charge in [-0.2, -0.15) is 0 Å². The van der Waals surface area contributed by atoms with Gasteiger partial charge in [0, 0.05) is 12.2 Å². The summed E-state index contributed by atoms with van der Waals surface area (Å²) in [5.41, 5.74) is 2.49. The third-order valence-corrected chi connectivity index (χ3v) is 5.37. The van der Waals surface area contributed by atoms with Crippen molar-refractivity contribution in [1.29, 1.82) is 0 Å². The van der Waals surface area contributed by atoms with Crippen LogP contribution in [0, 0.1) is 0 Å². The first kappa shape index (κ1) is 21.5. The highest BCUT2D eigenvalue weighted by atomic mass is 32.1. The molecule has 2 aromatic rings. The van der Waals surface area contributed by atoms with Crippen LogP contribution < -0.4 is 15.0 Å². The van der Waals surface area contributed by atoms with Crippen LogP contribution in [0.4, 0.5) is 11.4 Å². The number of carbonyl (C=O) groups is 2. The molecule has 0 saturated carbocycles. The highest BCUT2D eigenvalue weighted by Gasteiger charge is 2.43. The van der Waals surface area contributed by atoms with E-state index < -0.39 is 6.04 Å². The molecule has 1 atom stereocenters. The van der Waals surface area contributed by atoms with E-state index >= 15 is 0 Å². The van der Waals surface area contributed by atoms with Crippen LogP contribution in [0.2, 0.25) is 0 Å². The van der Waals surface area contributed by atoms with E-state index in [-0.39, 0.29) is 18.2 Å². The zero-order valence-corrected chi connectivity index (χ0v) is 17.9. The van der Waals surface area contributed by atoms with Crippen LogP contribution in [-0.4, -0.2) is 41.5 Å². The van der Waals surface area contributed by atoms with Gasteiger partial charge in [-0.25, -0.2) is 4.90 Å². The SMILES string of the molecule is C=CCN(C(=S)Nc1ccc(OC)cc1)C1CC(=O)N(c2ccc(CC)cc2)C1=O. The number of aryl methyl sites for hydroxylation is 1. The van der Waals surface area contributed by atoms with Crippen molar-refractivity contribution in [1.82, 2.24) is 4.90 Å². The van der Waals surface area contributed by atoms with Crippen molar-refractivity contribution in [2.45, 2.75) is 25.8 Å². The maximum atomic E-state index is 13.2. The normalized spacial score (nSPS) is 15.8. The second kappa shape index (κ2) is 9.54. The van der Waals surface area contributed by atoms with Gasteiger partial charge in [-0.05, 0) is 60.6 Å². The van der Waals surface area contributed by atoms with Gasteiger partial charge in [0.2, 0.25) is 5.91 Å². The molecule has 1 aliphatic rings. The van der Waals surface area contributed by atoms with Gasteiger partial charge in [0.05, 0.1) is 19.2 Å². The monoisotopic (exact) mass is 423 g/mol. The molecule has 2 aromatic carbocycles. The van der Waals surface area contributed by atoms with Crippen molar-refractivity contribution >= 4 is 40.5 Å². The van der Waals surface area contributed by atoms with Gasteiger partial charge < -0.3 is 15.0 Å². The van der Waals surface area contributed by atoms with Gasteiger partial charge in [0.1, 0.15) is 11.8 Å². The molecular weight excluding hydrogens is 398 g/mol. The fourth-order valence-electron chi connectivity index (χ4n) is 3.37. The van der Waals surface area contributed by atoms with Crippen LogP contribution in [0.25, 0.3) is 0 Å². The third kappa shape index (κ3) is 4.52. The number of nitrogens with zero attached hydrogens (tertiary/aromatic N) is 2. The summed E-state index contributed by atoms with van der Waals surface area (Å²) in [6.45, 7) is 6.17. The van der Waals surface area contributed by atoms with Crippen molar-refractivity contribution in [3.05, 3.63) is 66.7 Å². The number of hydrogen-bond acceptors (Lipinski definition) is 4. The summed E-state index contributed by atoms with van der Waals surface area (Å²) < 4.78 is 5.16. The Bertz CT molecular complexity index is 941. The molecule has 1 N–H and O–H groups in total. The Kier molecular flexibility index (Phi) is 6.84. The van der Waals surface area contributed by atoms with Crippen molar-refractivity contribution in [3.8, 4) is 5.75 Å². The topological polar surface area (TPSA) is 61.9 Å². The Labute approximate surface area is 182 Å². The molecule has 3 rings (SSSR count). The molecule has 0 aromatic heterocycles. The van der Waals surface area contributed by atoms with E-state index in [2.05, 4.69) is 18.8 Å². The van der Waals surface area contributed by atoms with Crippen LogP contribution in [0.3, 0.4) is 0 Å². The predicted molar refractivity (Wildman–Crippen MR) is 123 cm³/mol. The second-order valence-electron chi connectivity index (χ2n) is 6.91. The summed E-state index contributed by atoms with van der Waals surface area (Å²) >= 11 is 5.55. The minimum absolute atomic E-state index is 0.0621. The molecule has 1 aliphatic heterocycles. The minimum Gasteiger partial charge on any atom is -0.497 e. The Morgan fingerprint density at radius 3 is 2.47 bits per heavy atom. The highest BCUT2D eigenvalue weighted by Crippen LogP contribution is 2.27. The number of benzene rings is 2. The summed E-state index contributed by atoms with van der Waals surface area (Å²) in [7, 11) is 1.60. The number of anilines is 2. The number of nitrogens with one attached hydrogen (secondary N) is 1. The van der Waals surface area contributed by atoms with Crippen molar-refractivity contribution in [2.75, 3.05) is 23.9 Å². The van der Waals surface area contributed by atoms with Gasteiger partial charge in [-0.3, -0.25) is 9.59 Å². The maximum absolute atomic E-state index is 13.2. The quantitative estimate of drug-likeness (QED) is 0.416. The van der Waals surface area contributed by atoms with E-state index in [0.717, 1.165) is 23.4 Å². The largest absolute Gasteiger partial charge is 0.497 e. The molecule has 1 fully saturated rings. The predicted octanol–water partition coefficient (Wildman–Crippen LogP) is 3.77. The number of ether oxygens (including phenoxy) is 1. The average Bonchev–Trinajstić information content (AvgIpc) is 3.06. The first-order valence-corrected chi connectivity index (χ1v) is 10.2. The lowest BCUT2D eigenvalue weighted by Gasteiger charge is -2.29. The molecule has 1 unspecified atom stereocenters. The molecule has 1 saturated heterocycles. The highest BCUT2D eigenvalue weighted by molar-refractivity contribution is 7.80. The number of imide groups is 1. The molecule has 0 aliphatic carbocycles. The summed E-state index contributed by atoms with van der Waals surface area (Å²) in [4.78, 5) is 28.8. The fraction of sp³-hybridized carbons (Fsp3) is 0.261. The van der Waals surface area contributed by atoms with Gasteiger partial charge in [0.25, 0.3) is 5.91 Å². The van der Waals surface area contributed by atoms with Crippen molar-refractivity contribution in [2.24, 2.45) is 0 Å². The smallest absolute Gasteiger partial charge is 0.257 e. The summed E-state index contributed by atoms with van der Waals surface area (Å²) in [6.07, 6.45) is 2.62. The van der Waals surface area contributed by atoms with Gasteiger partial charge in [-0.1, -0.05) is 25.1 Å². The molecule has 156 valence electrons. The lowest BCUT2D eigenvalue weighted by Crippen LogP contribution is -2.47. The second-order valence-corrected chi connectivity index (χ2v) is 7.29. The van der Waals surface area contributed by atoms with Crippen LogP contribution in [0.1, 0.15) is 18.9 Å². The number of rotatable bonds is 7. The average molecular weight is 424 g/mol. The lowest BCUT2D eigenvalue weighted by molar-refractivity contribution is -0.122. The van der Waals surface area contributed by atoms with Crippen LogP contribution in [0.15, 0.2) is 61.2 Å². The molecule has 1 heterocycles. The molecule has 2 amide bonds. The summed E-state index contributed by atoms with van der Waals surface area (Å²) in [5.74, 6) is 0.205. The minimum atomic E-state index is -0.681. The third-order valence-electron chi connectivity index (χ3n) is 5.03. The standard InChI is InChI=1S/C23H25N3O3S/c1-4-14-25(23(30)24-17-8-12-19(29-3)13-9-17)20-15-21(27)26(22(20)28)18-10-6-16(5-2)7-11-18/h4,6-13,20H,1,5,14-15H2,2-3H3,(H,24,30). The molecule has 0 radical (unpaired) electrons. The lowest BCUT2D eigenvalue weighted by atomic mass is 10.1. The molecule has 6 nitrogen and oxygen atoms in total. The van der Waals surface area contributed by atoms with E-state index in [1.165, 1.54) is 4.90 Å². The van der Waals surface area contributed by atoms with Crippen molar-refractivity contribution < 1.29 is 14.3 Å². The van der Waals surface area contributed by atoms with E-state index in [0.29, 0.717) is 17.3 Å². The van der Waals surface area contributed by atoms with Crippen LogP contribution >= 0.6 is 12.2 Å². The fourth-order valence-corrected chi connectivity index (χ4v) is 3.69. The molecule has 30 heavy (non-hydrogen) atoms. The van der Waals surface area contributed by atoms with Gasteiger partial charge in [-0.15, -0.1) is 6.58 Å². The van der Waals surface area contributed by atoms with Gasteiger partial charge >= 0.3 is 0 Å². The molecular formula is C23H25N3O3S. The number of amides is 2. The molecule has 0 bridgehead atoms. The maximum Gasteiger partial charge on any atom is 0.257 e.